The highest BCUT2D eigenvalue weighted by atomic mass is 32.2. The predicted octanol–water partition coefficient (Wildman–Crippen LogP) is 4.35. The SMILES string of the molecule is C[C@@H]1CCc2c(sc3ncnc(SC[C@@H](C#N)CCC#N)c23)C1. The Labute approximate surface area is 144 Å². The lowest BCUT2D eigenvalue weighted by Gasteiger charge is -2.18. The Morgan fingerprint density at radius 2 is 2.30 bits per heavy atom. The summed E-state index contributed by atoms with van der Waals surface area (Å²) in [5.41, 5.74) is 1.43. The topological polar surface area (TPSA) is 73.4 Å². The first kappa shape index (κ1) is 16.2. The number of hydrogen-bond donors (Lipinski definition) is 0. The van der Waals surface area contributed by atoms with Crippen molar-refractivity contribution in [1.29, 1.82) is 10.5 Å². The summed E-state index contributed by atoms with van der Waals surface area (Å²) in [7, 11) is 0. The Hall–Kier alpha value is -1.63. The quantitative estimate of drug-likeness (QED) is 0.596. The minimum Gasteiger partial charge on any atom is -0.229 e. The average Bonchev–Trinajstić information content (AvgIpc) is 2.93. The molecule has 118 valence electrons. The zero-order chi connectivity index (χ0) is 16.2. The molecule has 0 unspecified atom stereocenters. The minimum atomic E-state index is -0.0980. The van der Waals surface area contributed by atoms with Gasteiger partial charge in [-0.2, -0.15) is 10.5 Å². The Bertz CT molecular complexity index is 784. The van der Waals surface area contributed by atoms with E-state index in [0.717, 1.165) is 28.6 Å². The van der Waals surface area contributed by atoms with E-state index in [9.17, 15) is 5.26 Å². The number of thioether (sulfide) groups is 1. The van der Waals surface area contributed by atoms with E-state index in [-0.39, 0.29) is 5.92 Å². The van der Waals surface area contributed by atoms with Crippen molar-refractivity contribution in [3.63, 3.8) is 0 Å². The van der Waals surface area contributed by atoms with Gasteiger partial charge in [0.2, 0.25) is 0 Å². The first-order valence-corrected chi connectivity index (χ1v) is 9.67. The number of thiophene rings is 1. The van der Waals surface area contributed by atoms with Gasteiger partial charge in [-0.15, -0.1) is 23.1 Å². The van der Waals surface area contributed by atoms with Crippen LogP contribution in [0.3, 0.4) is 0 Å². The second-order valence-electron chi connectivity index (χ2n) is 6.04. The molecule has 4 nitrogen and oxygen atoms in total. The molecule has 23 heavy (non-hydrogen) atoms. The van der Waals surface area contributed by atoms with Crippen molar-refractivity contribution in [2.75, 3.05) is 5.75 Å². The van der Waals surface area contributed by atoms with Crippen LogP contribution in [0.1, 0.15) is 36.6 Å². The van der Waals surface area contributed by atoms with Gasteiger partial charge < -0.3 is 0 Å². The third-order valence-electron chi connectivity index (χ3n) is 4.27. The maximum absolute atomic E-state index is 9.22. The Kier molecular flexibility index (Phi) is 5.15. The van der Waals surface area contributed by atoms with Crippen molar-refractivity contribution in [1.82, 2.24) is 9.97 Å². The second-order valence-corrected chi connectivity index (χ2v) is 8.14. The average molecular weight is 342 g/mol. The van der Waals surface area contributed by atoms with Crippen molar-refractivity contribution in [2.45, 2.75) is 44.1 Å². The first-order valence-electron chi connectivity index (χ1n) is 7.87. The predicted molar refractivity (Wildman–Crippen MR) is 93.3 cm³/mol. The molecule has 2 atom stereocenters. The van der Waals surface area contributed by atoms with Gasteiger partial charge in [-0.25, -0.2) is 9.97 Å². The third-order valence-corrected chi connectivity index (χ3v) is 6.58. The van der Waals surface area contributed by atoms with Gasteiger partial charge in [-0.1, -0.05) is 6.92 Å². The van der Waals surface area contributed by atoms with E-state index >= 15 is 0 Å². The van der Waals surface area contributed by atoms with Crippen LogP contribution < -0.4 is 0 Å². The summed E-state index contributed by atoms with van der Waals surface area (Å²) in [6.07, 6.45) is 6.17. The monoisotopic (exact) mass is 342 g/mol. The van der Waals surface area contributed by atoms with Crippen LogP contribution in [0.2, 0.25) is 0 Å². The molecule has 3 rings (SSSR count). The Morgan fingerprint density at radius 1 is 1.43 bits per heavy atom. The van der Waals surface area contributed by atoms with Crippen molar-refractivity contribution in [2.24, 2.45) is 11.8 Å². The van der Waals surface area contributed by atoms with Crippen LogP contribution in [0, 0.1) is 34.5 Å². The van der Waals surface area contributed by atoms with Gasteiger partial charge in [-0.3, -0.25) is 0 Å². The molecule has 0 aliphatic heterocycles. The Balaban J connectivity index is 1.84. The molecule has 0 aromatic carbocycles. The Morgan fingerprint density at radius 3 is 3.09 bits per heavy atom. The summed E-state index contributed by atoms with van der Waals surface area (Å²) < 4.78 is 0. The molecule has 0 amide bonds. The number of aryl methyl sites for hydroxylation is 1. The number of aromatic nitrogens is 2. The first-order chi connectivity index (χ1) is 11.2. The summed E-state index contributed by atoms with van der Waals surface area (Å²) in [5.74, 6) is 1.33. The fraction of sp³-hybridized carbons (Fsp3) is 0.529. The number of rotatable bonds is 5. The van der Waals surface area contributed by atoms with Crippen LogP contribution in [0.25, 0.3) is 10.2 Å². The van der Waals surface area contributed by atoms with Crippen LogP contribution in [0.15, 0.2) is 11.4 Å². The highest BCUT2D eigenvalue weighted by Crippen LogP contribution is 2.40. The molecule has 2 aromatic rings. The standard InChI is InChI=1S/C17H18N4S2/c1-11-4-5-13-14(7-11)23-17-15(13)16(20-10-21-17)22-9-12(8-19)3-2-6-18/h10-12H,2-5,7,9H2,1H3/t11-,12-/m1/s1. The van der Waals surface area contributed by atoms with Crippen LogP contribution >= 0.6 is 23.1 Å². The molecule has 0 fully saturated rings. The van der Waals surface area contributed by atoms with Crippen LogP contribution in [0.4, 0.5) is 0 Å². The van der Waals surface area contributed by atoms with E-state index in [2.05, 4.69) is 29.0 Å². The molecule has 0 saturated heterocycles. The number of hydrogen-bond acceptors (Lipinski definition) is 6. The highest BCUT2D eigenvalue weighted by Gasteiger charge is 2.23. The summed E-state index contributed by atoms with van der Waals surface area (Å²) in [5, 5.41) is 20.1. The molecular formula is C17H18N4S2. The number of nitrogens with zero attached hydrogens (tertiary/aromatic N) is 4. The molecule has 0 N–H and O–H groups in total. The van der Waals surface area contributed by atoms with Gasteiger partial charge in [0.15, 0.2) is 0 Å². The molecule has 0 bridgehead atoms. The van der Waals surface area contributed by atoms with Gasteiger partial charge in [-0.05, 0) is 37.2 Å². The van der Waals surface area contributed by atoms with E-state index in [1.165, 1.54) is 22.2 Å². The molecule has 1 aliphatic carbocycles. The fourth-order valence-corrected chi connectivity index (χ4v) is 5.46. The molecule has 6 heteroatoms. The summed E-state index contributed by atoms with van der Waals surface area (Å²) in [4.78, 5) is 11.5. The normalized spacial score (nSPS) is 18.1. The summed E-state index contributed by atoms with van der Waals surface area (Å²) >= 11 is 3.43. The van der Waals surface area contributed by atoms with Gasteiger partial charge in [0.05, 0.1) is 18.1 Å². The summed E-state index contributed by atoms with van der Waals surface area (Å²) in [6, 6.07) is 4.42. The molecular weight excluding hydrogens is 324 g/mol. The van der Waals surface area contributed by atoms with Gasteiger partial charge in [0, 0.05) is 22.4 Å². The molecule has 0 spiro atoms. The molecule has 0 radical (unpaired) electrons. The van der Waals surface area contributed by atoms with Gasteiger partial charge in [0.1, 0.15) is 16.2 Å². The van der Waals surface area contributed by atoms with Crippen molar-refractivity contribution in [3.8, 4) is 12.1 Å². The van der Waals surface area contributed by atoms with Crippen molar-refractivity contribution >= 4 is 33.3 Å². The molecule has 2 heterocycles. The lowest BCUT2D eigenvalue weighted by Crippen LogP contribution is -2.08. The third kappa shape index (κ3) is 3.49. The molecule has 0 saturated carbocycles. The lowest BCUT2D eigenvalue weighted by molar-refractivity contribution is 0.509. The van der Waals surface area contributed by atoms with Crippen molar-refractivity contribution in [3.05, 3.63) is 16.8 Å². The smallest absolute Gasteiger partial charge is 0.128 e. The zero-order valence-corrected chi connectivity index (χ0v) is 14.7. The van der Waals surface area contributed by atoms with E-state index in [1.807, 2.05) is 0 Å². The van der Waals surface area contributed by atoms with E-state index in [4.69, 9.17) is 5.26 Å². The largest absolute Gasteiger partial charge is 0.229 e. The number of fused-ring (bicyclic) bond motifs is 3. The van der Waals surface area contributed by atoms with E-state index < -0.39 is 0 Å². The van der Waals surface area contributed by atoms with Gasteiger partial charge in [0.25, 0.3) is 0 Å². The number of nitriles is 2. The summed E-state index contributed by atoms with van der Waals surface area (Å²) in [6.45, 7) is 2.31. The molecule has 1 aliphatic rings. The van der Waals surface area contributed by atoms with Crippen molar-refractivity contribution < 1.29 is 0 Å². The second kappa shape index (κ2) is 7.29. The lowest BCUT2D eigenvalue weighted by atomic mass is 9.89. The zero-order valence-electron chi connectivity index (χ0n) is 13.1. The van der Waals surface area contributed by atoms with E-state index in [0.29, 0.717) is 18.6 Å². The van der Waals surface area contributed by atoms with Crippen LogP contribution in [0.5, 0.6) is 0 Å². The maximum atomic E-state index is 9.22. The highest BCUT2D eigenvalue weighted by molar-refractivity contribution is 7.99. The molecule has 2 aromatic heterocycles. The maximum Gasteiger partial charge on any atom is 0.128 e. The van der Waals surface area contributed by atoms with Crippen LogP contribution in [-0.2, 0) is 12.8 Å². The van der Waals surface area contributed by atoms with Crippen LogP contribution in [-0.4, -0.2) is 15.7 Å². The minimum absolute atomic E-state index is 0.0980. The van der Waals surface area contributed by atoms with Gasteiger partial charge >= 0.3 is 0 Å². The van der Waals surface area contributed by atoms with E-state index in [1.54, 1.807) is 29.4 Å². The fourth-order valence-electron chi connectivity index (χ4n) is 2.96.